The molecule has 20 heavy (non-hydrogen) atoms. The molecular weight excluding hydrogens is 256 g/mol. The zero-order chi connectivity index (χ0) is 14.7. The molecular formula is C14H22N4O2. The second-order valence-electron chi connectivity index (χ2n) is 5.42. The molecule has 6 heteroatoms. The number of amides is 2. The number of rotatable bonds is 4. The number of piperidine rings is 1. The number of hydrogen-bond donors (Lipinski definition) is 0. The second-order valence-corrected chi connectivity index (χ2v) is 5.42. The normalized spacial score (nSPS) is 15.6. The molecule has 2 heterocycles. The highest BCUT2D eigenvalue weighted by molar-refractivity contribution is 5.85. The van der Waals surface area contributed by atoms with Crippen molar-refractivity contribution in [3.05, 3.63) is 17.5 Å². The van der Waals surface area contributed by atoms with Crippen LogP contribution in [0.4, 0.5) is 0 Å². The fraction of sp³-hybridized carbons (Fsp3) is 0.643. The summed E-state index contributed by atoms with van der Waals surface area (Å²) in [4.78, 5) is 27.2. The first-order chi connectivity index (χ1) is 9.47. The fourth-order valence-corrected chi connectivity index (χ4v) is 2.46. The van der Waals surface area contributed by atoms with Crippen LogP contribution in [0.2, 0.25) is 0 Å². The highest BCUT2D eigenvalue weighted by Gasteiger charge is 2.22. The quantitative estimate of drug-likeness (QED) is 0.814. The molecule has 0 atom stereocenters. The third-order valence-corrected chi connectivity index (χ3v) is 3.67. The van der Waals surface area contributed by atoms with Gasteiger partial charge in [-0.2, -0.15) is 5.10 Å². The molecule has 1 aliphatic rings. The third-order valence-electron chi connectivity index (χ3n) is 3.67. The summed E-state index contributed by atoms with van der Waals surface area (Å²) >= 11 is 0. The van der Waals surface area contributed by atoms with Gasteiger partial charge in [0.25, 0.3) is 0 Å². The molecule has 0 spiro atoms. The predicted octanol–water partition coefficient (Wildman–Crippen LogP) is 0.699. The number of aromatic nitrogens is 2. The number of likely N-dealkylation sites (N-methyl/N-ethyl adjacent to an activating group) is 1. The Labute approximate surface area is 119 Å². The summed E-state index contributed by atoms with van der Waals surface area (Å²) in [7, 11) is 3.63. The lowest BCUT2D eigenvalue weighted by Crippen LogP contribution is -2.43. The van der Waals surface area contributed by atoms with Gasteiger partial charge in [-0.05, 0) is 25.8 Å². The van der Waals surface area contributed by atoms with Gasteiger partial charge in [-0.15, -0.1) is 0 Å². The van der Waals surface area contributed by atoms with Crippen LogP contribution < -0.4 is 0 Å². The maximum Gasteiger partial charge on any atom is 0.242 e. The maximum absolute atomic E-state index is 12.2. The van der Waals surface area contributed by atoms with E-state index in [1.165, 1.54) is 0 Å². The molecule has 1 aliphatic heterocycles. The highest BCUT2D eigenvalue weighted by Crippen LogP contribution is 2.11. The summed E-state index contributed by atoms with van der Waals surface area (Å²) < 4.78 is 1.78. The SMILES string of the molecule is Cc1cc(CN(C)C(=O)CN2CCCCC2=O)n(C)n1. The van der Waals surface area contributed by atoms with Gasteiger partial charge in [-0.1, -0.05) is 0 Å². The Balaban J connectivity index is 1.91. The molecule has 2 amide bonds. The molecule has 0 unspecified atom stereocenters. The van der Waals surface area contributed by atoms with E-state index in [0.29, 0.717) is 19.5 Å². The molecule has 0 saturated carbocycles. The summed E-state index contributed by atoms with van der Waals surface area (Å²) in [6, 6.07) is 1.97. The lowest BCUT2D eigenvalue weighted by molar-refractivity contribution is -0.141. The Morgan fingerprint density at radius 3 is 2.80 bits per heavy atom. The van der Waals surface area contributed by atoms with Gasteiger partial charge >= 0.3 is 0 Å². The average Bonchev–Trinajstić information content (AvgIpc) is 2.70. The van der Waals surface area contributed by atoms with Gasteiger partial charge < -0.3 is 9.80 Å². The van der Waals surface area contributed by atoms with Crippen molar-refractivity contribution < 1.29 is 9.59 Å². The summed E-state index contributed by atoms with van der Waals surface area (Å²) in [5.74, 6) is 0.0634. The van der Waals surface area contributed by atoms with Gasteiger partial charge in [0.1, 0.15) is 0 Å². The number of hydrogen-bond acceptors (Lipinski definition) is 3. The zero-order valence-corrected chi connectivity index (χ0v) is 12.4. The minimum atomic E-state index is -0.0286. The van der Waals surface area contributed by atoms with E-state index < -0.39 is 0 Å². The first kappa shape index (κ1) is 14.6. The van der Waals surface area contributed by atoms with E-state index in [-0.39, 0.29) is 18.4 Å². The largest absolute Gasteiger partial charge is 0.338 e. The van der Waals surface area contributed by atoms with Crippen molar-refractivity contribution in [3.8, 4) is 0 Å². The van der Waals surface area contributed by atoms with Crippen molar-refractivity contribution >= 4 is 11.8 Å². The minimum absolute atomic E-state index is 0.0286. The van der Waals surface area contributed by atoms with Crippen LogP contribution in [0.5, 0.6) is 0 Å². The van der Waals surface area contributed by atoms with Crippen LogP contribution in [0.15, 0.2) is 6.07 Å². The van der Waals surface area contributed by atoms with Crippen LogP contribution in [0.25, 0.3) is 0 Å². The Morgan fingerprint density at radius 1 is 1.45 bits per heavy atom. The van der Waals surface area contributed by atoms with Crippen molar-refractivity contribution in [2.75, 3.05) is 20.1 Å². The molecule has 1 aromatic heterocycles. The summed E-state index contributed by atoms with van der Waals surface area (Å²) in [6.45, 7) is 3.32. The molecule has 0 bridgehead atoms. The van der Waals surface area contributed by atoms with Crippen molar-refractivity contribution in [1.82, 2.24) is 19.6 Å². The van der Waals surface area contributed by atoms with E-state index in [1.807, 2.05) is 20.0 Å². The standard InChI is InChI=1S/C14H22N4O2/c1-11-8-12(17(3)15-11)9-16(2)14(20)10-18-7-5-4-6-13(18)19/h8H,4-7,9-10H2,1-3H3. The Kier molecular flexibility index (Phi) is 4.42. The fourth-order valence-electron chi connectivity index (χ4n) is 2.46. The first-order valence-corrected chi connectivity index (χ1v) is 6.98. The maximum atomic E-state index is 12.2. The number of carbonyl (C=O) groups is 2. The van der Waals surface area contributed by atoms with Gasteiger partial charge in [0.05, 0.1) is 24.5 Å². The monoisotopic (exact) mass is 278 g/mol. The first-order valence-electron chi connectivity index (χ1n) is 6.98. The Morgan fingerprint density at radius 2 is 2.20 bits per heavy atom. The number of aryl methyl sites for hydroxylation is 2. The topological polar surface area (TPSA) is 58.4 Å². The molecule has 6 nitrogen and oxygen atoms in total. The summed E-state index contributed by atoms with van der Waals surface area (Å²) in [5.41, 5.74) is 1.93. The number of likely N-dealkylation sites (tertiary alicyclic amines) is 1. The smallest absolute Gasteiger partial charge is 0.242 e. The lowest BCUT2D eigenvalue weighted by atomic mass is 10.1. The van der Waals surface area contributed by atoms with E-state index in [4.69, 9.17) is 0 Å². The zero-order valence-electron chi connectivity index (χ0n) is 12.4. The van der Waals surface area contributed by atoms with Gasteiger partial charge in [-0.25, -0.2) is 0 Å². The van der Waals surface area contributed by atoms with E-state index in [2.05, 4.69) is 5.10 Å². The molecule has 1 fully saturated rings. The van der Waals surface area contributed by atoms with Crippen molar-refractivity contribution in [3.63, 3.8) is 0 Å². The molecule has 110 valence electrons. The predicted molar refractivity (Wildman–Crippen MR) is 74.9 cm³/mol. The highest BCUT2D eigenvalue weighted by atomic mass is 16.2. The molecule has 0 radical (unpaired) electrons. The lowest BCUT2D eigenvalue weighted by Gasteiger charge is -2.28. The van der Waals surface area contributed by atoms with Crippen molar-refractivity contribution in [2.24, 2.45) is 7.05 Å². The van der Waals surface area contributed by atoms with Crippen LogP contribution in [-0.2, 0) is 23.2 Å². The summed E-state index contributed by atoms with van der Waals surface area (Å²) in [5, 5.41) is 4.27. The number of carbonyl (C=O) groups excluding carboxylic acids is 2. The van der Waals surface area contributed by atoms with Crippen LogP contribution in [0.1, 0.15) is 30.7 Å². The van der Waals surface area contributed by atoms with E-state index in [9.17, 15) is 9.59 Å². The summed E-state index contributed by atoms with van der Waals surface area (Å²) in [6.07, 6.45) is 2.50. The molecule has 0 aromatic carbocycles. The molecule has 2 rings (SSSR count). The van der Waals surface area contributed by atoms with Crippen LogP contribution in [0.3, 0.4) is 0 Å². The molecule has 0 N–H and O–H groups in total. The molecule has 1 aromatic rings. The van der Waals surface area contributed by atoms with Gasteiger partial charge in [0.15, 0.2) is 0 Å². The number of nitrogens with zero attached hydrogens (tertiary/aromatic N) is 4. The van der Waals surface area contributed by atoms with Crippen molar-refractivity contribution in [1.29, 1.82) is 0 Å². The van der Waals surface area contributed by atoms with E-state index in [0.717, 1.165) is 24.2 Å². The van der Waals surface area contributed by atoms with Crippen LogP contribution in [0, 0.1) is 6.92 Å². The van der Waals surface area contributed by atoms with E-state index in [1.54, 1.807) is 21.5 Å². The van der Waals surface area contributed by atoms with Gasteiger partial charge in [0.2, 0.25) is 11.8 Å². The van der Waals surface area contributed by atoms with Crippen LogP contribution >= 0.6 is 0 Å². The Bertz CT molecular complexity index is 509. The third kappa shape index (κ3) is 3.37. The molecule has 0 aliphatic carbocycles. The van der Waals surface area contributed by atoms with Gasteiger partial charge in [-0.3, -0.25) is 14.3 Å². The van der Waals surface area contributed by atoms with Crippen LogP contribution in [-0.4, -0.2) is 51.5 Å². The second kappa shape index (κ2) is 6.07. The van der Waals surface area contributed by atoms with Gasteiger partial charge in [0, 0.05) is 27.1 Å². The average molecular weight is 278 g/mol. The van der Waals surface area contributed by atoms with Crippen molar-refractivity contribution in [2.45, 2.75) is 32.7 Å². The minimum Gasteiger partial charge on any atom is -0.338 e. The van der Waals surface area contributed by atoms with E-state index >= 15 is 0 Å². The Hall–Kier alpha value is -1.85. The molecule has 1 saturated heterocycles.